The molecule has 0 fully saturated rings. The van der Waals surface area contributed by atoms with Crippen LogP contribution in [0.15, 0.2) is 45.7 Å². The van der Waals surface area contributed by atoms with Crippen molar-refractivity contribution in [3.05, 3.63) is 47.9 Å². The van der Waals surface area contributed by atoms with E-state index in [4.69, 9.17) is 4.42 Å². The Bertz CT molecular complexity index is 690. The van der Waals surface area contributed by atoms with Crippen LogP contribution < -0.4 is 5.32 Å². The van der Waals surface area contributed by atoms with Gasteiger partial charge in [-0.1, -0.05) is 12.1 Å². The second kappa shape index (κ2) is 5.68. The Morgan fingerprint density at radius 3 is 2.45 bits per heavy atom. The molecule has 0 aliphatic heterocycles. The third kappa shape index (κ3) is 3.02. The molecule has 5 nitrogen and oxygen atoms in total. The Kier molecular flexibility index (Phi) is 4.15. The van der Waals surface area contributed by atoms with Gasteiger partial charge in [0.2, 0.25) is 10.0 Å². The van der Waals surface area contributed by atoms with Crippen LogP contribution in [0.1, 0.15) is 11.5 Å². The van der Waals surface area contributed by atoms with E-state index in [-0.39, 0.29) is 4.90 Å². The van der Waals surface area contributed by atoms with Gasteiger partial charge in [0.15, 0.2) is 0 Å². The van der Waals surface area contributed by atoms with Gasteiger partial charge in [-0.15, -0.1) is 0 Å². The number of nitrogens with one attached hydrogen (secondary N) is 1. The summed E-state index contributed by atoms with van der Waals surface area (Å²) >= 11 is 0. The fraction of sp³-hybridized carbons (Fsp3) is 0.286. The lowest BCUT2D eigenvalue weighted by Gasteiger charge is -2.15. The van der Waals surface area contributed by atoms with Gasteiger partial charge in [-0.2, -0.15) is 0 Å². The summed E-state index contributed by atoms with van der Waals surface area (Å²) in [5, 5.41) is 3.10. The normalized spacial score (nSPS) is 11.8. The first-order valence-corrected chi connectivity index (χ1v) is 7.66. The smallest absolute Gasteiger partial charge is 0.244 e. The maximum Gasteiger partial charge on any atom is 0.244 e. The molecule has 0 saturated heterocycles. The van der Waals surface area contributed by atoms with Gasteiger partial charge in [0.05, 0.1) is 12.2 Å². The highest BCUT2D eigenvalue weighted by atomic mass is 32.2. The predicted molar refractivity (Wildman–Crippen MR) is 78.1 cm³/mol. The van der Waals surface area contributed by atoms with Gasteiger partial charge in [-0.05, 0) is 31.2 Å². The highest BCUT2D eigenvalue weighted by Crippen LogP contribution is 2.23. The van der Waals surface area contributed by atoms with E-state index in [1.54, 1.807) is 24.3 Å². The Morgan fingerprint density at radius 1 is 1.15 bits per heavy atom. The van der Waals surface area contributed by atoms with E-state index in [0.717, 1.165) is 11.5 Å². The highest BCUT2D eigenvalue weighted by molar-refractivity contribution is 7.89. The number of hydrogen-bond acceptors (Lipinski definition) is 4. The molecule has 0 atom stereocenters. The molecule has 20 heavy (non-hydrogen) atoms. The van der Waals surface area contributed by atoms with Crippen molar-refractivity contribution >= 4 is 15.7 Å². The van der Waals surface area contributed by atoms with Crippen LogP contribution in [-0.4, -0.2) is 26.8 Å². The van der Waals surface area contributed by atoms with Crippen LogP contribution >= 0.6 is 0 Å². The van der Waals surface area contributed by atoms with Crippen LogP contribution in [0.25, 0.3) is 0 Å². The molecule has 1 aromatic carbocycles. The second-order valence-electron chi connectivity index (χ2n) is 4.65. The Hall–Kier alpha value is -1.79. The number of aryl methyl sites for hydroxylation is 1. The first-order valence-electron chi connectivity index (χ1n) is 6.22. The summed E-state index contributed by atoms with van der Waals surface area (Å²) < 4.78 is 31.1. The van der Waals surface area contributed by atoms with Crippen molar-refractivity contribution in [1.82, 2.24) is 4.31 Å². The monoisotopic (exact) mass is 294 g/mol. The van der Waals surface area contributed by atoms with Crippen molar-refractivity contribution in [3.8, 4) is 0 Å². The lowest BCUT2D eigenvalue weighted by molar-refractivity contribution is 0.490. The molecule has 1 N–H and O–H groups in total. The van der Waals surface area contributed by atoms with Gasteiger partial charge < -0.3 is 9.73 Å². The number of nitrogens with zero attached hydrogens (tertiary/aromatic N) is 1. The molecule has 0 spiro atoms. The number of para-hydroxylation sites is 1. The largest absolute Gasteiger partial charge is 0.465 e. The topological polar surface area (TPSA) is 62.6 Å². The van der Waals surface area contributed by atoms with Gasteiger partial charge >= 0.3 is 0 Å². The molecule has 0 bridgehead atoms. The van der Waals surface area contributed by atoms with Crippen molar-refractivity contribution < 1.29 is 12.8 Å². The van der Waals surface area contributed by atoms with Crippen LogP contribution in [-0.2, 0) is 16.6 Å². The van der Waals surface area contributed by atoms with Crippen LogP contribution in [0.4, 0.5) is 5.69 Å². The van der Waals surface area contributed by atoms with Crippen molar-refractivity contribution in [2.75, 3.05) is 19.4 Å². The molecule has 0 saturated carbocycles. The fourth-order valence-electron chi connectivity index (χ4n) is 1.80. The van der Waals surface area contributed by atoms with Gasteiger partial charge in [0, 0.05) is 14.1 Å². The lowest BCUT2D eigenvalue weighted by Crippen LogP contribution is -2.23. The number of benzene rings is 1. The maximum absolute atomic E-state index is 12.2. The van der Waals surface area contributed by atoms with E-state index in [0.29, 0.717) is 12.2 Å². The van der Waals surface area contributed by atoms with Crippen LogP contribution in [0.5, 0.6) is 0 Å². The number of anilines is 1. The van der Waals surface area contributed by atoms with E-state index in [2.05, 4.69) is 5.32 Å². The van der Waals surface area contributed by atoms with E-state index >= 15 is 0 Å². The first kappa shape index (κ1) is 14.6. The lowest BCUT2D eigenvalue weighted by atomic mass is 10.3. The molecule has 1 heterocycles. The van der Waals surface area contributed by atoms with E-state index in [1.807, 2.05) is 19.1 Å². The average molecular weight is 294 g/mol. The first-order chi connectivity index (χ1) is 9.41. The summed E-state index contributed by atoms with van der Waals surface area (Å²) in [4.78, 5) is 0.258. The van der Waals surface area contributed by atoms with Gasteiger partial charge in [0.1, 0.15) is 16.4 Å². The van der Waals surface area contributed by atoms with Gasteiger partial charge in [-0.25, -0.2) is 12.7 Å². The summed E-state index contributed by atoms with van der Waals surface area (Å²) in [5.41, 5.74) is 0.565. The number of sulfonamides is 1. The number of rotatable bonds is 5. The maximum atomic E-state index is 12.2. The van der Waals surface area contributed by atoms with Crippen molar-refractivity contribution in [1.29, 1.82) is 0 Å². The Balaban J connectivity index is 2.25. The Labute approximate surface area is 119 Å². The molecule has 108 valence electrons. The van der Waals surface area contributed by atoms with E-state index in [9.17, 15) is 8.42 Å². The molecule has 0 unspecified atom stereocenters. The highest BCUT2D eigenvalue weighted by Gasteiger charge is 2.20. The standard InChI is InChI=1S/C14H18N2O3S/c1-11-8-9-12(19-11)10-15-13-6-4-5-7-14(13)20(17,18)16(2)3/h4-9,15H,10H2,1-3H3. The zero-order valence-corrected chi connectivity index (χ0v) is 12.6. The summed E-state index contributed by atoms with van der Waals surface area (Å²) in [6.07, 6.45) is 0. The third-order valence-corrected chi connectivity index (χ3v) is 4.77. The molecule has 0 aliphatic carbocycles. The van der Waals surface area contributed by atoms with Gasteiger partial charge in [-0.3, -0.25) is 0 Å². The number of furan rings is 1. The van der Waals surface area contributed by atoms with E-state index in [1.165, 1.54) is 18.4 Å². The zero-order valence-electron chi connectivity index (χ0n) is 11.8. The predicted octanol–water partition coefficient (Wildman–Crippen LogP) is 2.45. The summed E-state index contributed by atoms with van der Waals surface area (Å²) in [7, 11) is -0.435. The number of hydrogen-bond donors (Lipinski definition) is 1. The molecule has 2 rings (SSSR count). The molecule has 0 radical (unpaired) electrons. The molecular weight excluding hydrogens is 276 g/mol. The summed E-state index contributed by atoms with van der Waals surface area (Å²) in [6.45, 7) is 2.31. The Morgan fingerprint density at radius 2 is 1.85 bits per heavy atom. The van der Waals surface area contributed by atoms with Crippen LogP contribution in [0, 0.1) is 6.92 Å². The van der Waals surface area contributed by atoms with Gasteiger partial charge in [0.25, 0.3) is 0 Å². The molecule has 0 aliphatic rings. The minimum absolute atomic E-state index is 0.258. The molecule has 1 aromatic heterocycles. The van der Waals surface area contributed by atoms with Crippen molar-refractivity contribution in [2.24, 2.45) is 0 Å². The van der Waals surface area contributed by atoms with Crippen molar-refractivity contribution in [3.63, 3.8) is 0 Å². The fourth-order valence-corrected chi connectivity index (χ4v) is 2.86. The third-order valence-electron chi connectivity index (χ3n) is 2.89. The zero-order chi connectivity index (χ0) is 14.8. The second-order valence-corrected chi connectivity index (χ2v) is 6.77. The van der Waals surface area contributed by atoms with Crippen molar-refractivity contribution in [2.45, 2.75) is 18.4 Å². The molecular formula is C14H18N2O3S. The minimum atomic E-state index is -3.47. The summed E-state index contributed by atoms with van der Waals surface area (Å²) in [6, 6.07) is 10.6. The summed E-state index contributed by atoms with van der Waals surface area (Å²) in [5.74, 6) is 1.59. The molecule has 0 amide bonds. The molecule has 2 aromatic rings. The SMILES string of the molecule is Cc1ccc(CNc2ccccc2S(=O)(=O)N(C)C)o1. The van der Waals surface area contributed by atoms with Crippen LogP contribution in [0.3, 0.4) is 0 Å². The minimum Gasteiger partial charge on any atom is -0.465 e. The molecule has 6 heteroatoms. The quantitative estimate of drug-likeness (QED) is 0.920. The van der Waals surface area contributed by atoms with Crippen LogP contribution in [0.2, 0.25) is 0 Å². The average Bonchev–Trinajstić information content (AvgIpc) is 2.82. The van der Waals surface area contributed by atoms with E-state index < -0.39 is 10.0 Å².